The van der Waals surface area contributed by atoms with E-state index in [2.05, 4.69) is 19.7 Å². The molecular formula is C46H62F2N4O17. The highest BCUT2D eigenvalue weighted by Crippen LogP contribution is 2.33. The van der Waals surface area contributed by atoms with Gasteiger partial charge in [-0.1, -0.05) is 18.2 Å². The summed E-state index contributed by atoms with van der Waals surface area (Å²) >= 11 is 0. The van der Waals surface area contributed by atoms with E-state index in [1.807, 2.05) is 41.5 Å². The zero-order chi connectivity index (χ0) is 51.0. The minimum Gasteiger partial charge on any atom is -0.494 e. The Bertz CT molecular complexity index is 2360. The van der Waals surface area contributed by atoms with Gasteiger partial charge in [-0.3, -0.25) is 9.36 Å². The van der Waals surface area contributed by atoms with Crippen LogP contribution in [0.1, 0.15) is 79.0 Å². The highest BCUT2D eigenvalue weighted by atomic mass is 19.1. The minimum absolute atomic E-state index is 0.0170. The van der Waals surface area contributed by atoms with Crippen molar-refractivity contribution < 1.29 is 91.6 Å². The summed E-state index contributed by atoms with van der Waals surface area (Å²) in [7, 11) is 3.62. The Morgan fingerprint density at radius 3 is 1.39 bits per heavy atom. The van der Waals surface area contributed by atoms with Crippen molar-refractivity contribution in [3.8, 4) is 17.5 Å². The molecule has 0 saturated carbocycles. The number of hydrogen-bond acceptors (Lipinski definition) is 19. The highest BCUT2D eigenvalue weighted by molar-refractivity contribution is 5.59. The van der Waals surface area contributed by atoms with Gasteiger partial charge in [0, 0.05) is 47.4 Å². The van der Waals surface area contributed by atoms with Crippen LogP contribution in [0.4, 0.5) is 18.4 Å². The summed E-state index contributed by atoms with van der Waals surface area (Å²) in [4.78, 5) is 22.6. The number of nitrogens with zero attached hydrogens (tertiary/aromatic N) is 4. The molecule has 6 rings (SSSR count). The maximum Gasteiger partial charge on any atom is 0.508 e. The Morgan fingerprint density at radius 2 is 1.03 bits per heavy atom. The third kappa shape index (κ3) is 13.0. The number of carbonyl (C=O) groups is 2. The normalized spacial score (nSPS) is 24.6. The van der Waals surface area contributed by atoms with Crippen molar-refractivity contribution >= 4 is 12.3 Å². The van der Waals surface area contributed by atoms with Crippen LogP contribution in [0.2, 0.25) is 0 Å². The molecule has 0 unspecified atom stereocenters. The average molecular weight is 981 g/mol. The standard InChI is InChI=1S/C23H31FN2O9.C23H31FN2O8/c1-11(2)26-12(3)14(8-13-6-7-16(31-4)15(24)9-13)21(25-26)35-22-20(29)19(28)18(27)17(34-22)10-33-23(30)32-5;1-11(2)26-13(4)15(8-14-7-6-12(3)16(24)9-14)21(25-26)34-22-20(29)19(28)18(27)17(33-22)10-32-23(30)31-5/h6-7,9,11,17-20,22,27-29H,8,10H2,1-5H3;6-7,9,11,17-20,22,27-29H,8,10H2,1-5H3/t2*17-,18-,19+,20-,22+/m11/s1. The van der Waals surface area contributed by atoms with Crippen LogP contribution >= 0.6 is 0 Å². The molecule has 4 heterocycles. The second-order valence-corrected chi connectivity index (χ2v) is 17.0. The zero-order valence-corrected chi connectivity index (χ0v) is 39.9. The highest BCUT2D eigenvalue weighted by Gasteiger charge is 2.47. The summed E-state index contributed by atoms with van der Waals surface area (Å²) in [6.07, 6.45) is -16.3. The number of benzene rings is 2. The molecule has 0 aliphatic carbocycles. The predicted molar refractivity (Wildman–Crippen MR) is 236 cm³/mol. The first-order chi connectivity index (χ1) is 32.6. The van der Waals surface area contributed by atoms with Crippen molar-refractivity contribution in [1.82, 2.24) is 19.6 Å². The molecule has 4 aromatic rings. The van der Waals surface area contributed by atoms with Crippen molar-refractivity contribution in [2.45, 2.75) is 135 Å². The van der Waals surface area contributed by atoms with Gasteiger partial charge in [0.2, 0.25) is 24.3 Å². The summed E-state index contributed by atoms with van der Waals surface area (Å²) < 4.78 is 78.2. The molecule has 0 amide bonds. The Morgan fingerprint density at radius 1 is 0.623 bits per heavy atom. The van der Waals surface area contributed by atoms with Crippen molar-refractivity contribution in [3.05, 3.63) is 87.2 Å². The van der Waals surface area contributed by atoms with Gasteiger partial charge in [0.1, 0.15) is 67.9 Å². The Kier molecular flexibility index (Phi) is 18.7. The second kappa shape index (κ2) is 23.8. The Labute approximate surface area is 396 Å². The fourth-order valence-electron chi connectivity index (χ4n) is 7.57. The van der Waals surface area contributed by atoms with E-state index in [0.717, 1.165) is 25.6 Å². The quantitative estimate of drug-likeness (QED) is 0.0933. The van der Waals surface area contributed by atoms with Crippen LogP contribution in [-0.2, 0) is 41.3 Å². The lowest BCUT2D eigenvalue weighted by Crippen LogP contribution is -2.60. The van der Waals surface area contributed by atoms with Gasteiger partial charge < -0.3 is 73.3 Å². The largest absolute Gasteiger partial charge is 0.508 e. The number of aryl methyl sites for hydroxylation is 1. The fraction of sp³-hybridized carbons (Fsp3) is 0.565. The van der Waals surface area contributed by atoms with Crippen LogP contribution in [-0.4, -0.2) is 158 Å². The number of aliphatic hydroxyl groups is 6. The van der Waals surface area contributed by atoms with Crippen LogP contribution < -0.4 is 14.2 Å². The minimum atomic E-state index is -1.65. The molecule has 10 atom stereocenters. The number of aliphatic hydroxyl groups excluding tert-OH is 6. The van der Waals surface area contributed by atoms with Crippen LogP contribution in [0.5, 0.6) is 17.5 Å². The van der Waals surface area contributed by atoms with Crippen LogP contribution in [0.25, 0.3) is 0 Å². The summed E-state index contributed by atoms with van der Waals surface area (Å²) in [5, 5.41) is 71.0. The SMILES string of the molecule is COC(=O)OC[C@H]1O[C@@H](Oc2nn(C(C)C)c(C)c2Cc2ccc(C)c(F)c2)[C@H](O)[C@@H](O)[C@@H]1O.COC(=O)OC[C@H]1O[C@@H](Oc2nn(C(C)C)c(C)c2Cc2ccc(OC)c(F)c2)[C@H](O)[C@@H](O)[C@@H]1O. The fourth-order valence-corrected chi connectivity index (χ4v) is 7.57. The molecule has 2 aromatic heterocycles. The third-order valence-corrected chi connectivity index (χ3v) is 11.5. The molecule has 2 aliphatic rings. The van der Waals surface area contributed by atoms with Crippen LogP contribution in [0.3, 0.4) is 0 Å². The lowest BCUT2D eigenvalue weighted by atomic mass is 9.99. The molecule has 2 aliphatic heterocycles. The van der Waals surface area contributed by atoms with Gasteiger partial charge in [-0.2, -0.15) is 0 Å². The van der Waals surface area contributed by atoms with Crippen LogP contribution in [0, 0.1) is 32.4 Å². The van der Waals surface area contributed by atoms with Crippen LogP contribution in [0.15, 0.2) is 36.4 Å². The first kappa shape index (κ1) is 54.3. The van der Waals surface area contributed by atoms with E-state index in [1.54, 1.807) is 34.5 Å². The van der Waals surface area contributed by atoms with E-state index in [4.69, 9.17) is 33.2 Å². The second-order valence-electron chi connectivity index (χ2n) is 17.0. The van der Waals surface area contributed by atoms with Gasteiger partial charge in [-0.25, -0.2) is 18.4 Å². The number of methoxy groups -OCH3 is 3. The Hall–Kier alpha value is -5.66. The van der Waals surface area contributed by atoms with Gasteiger partial charge in [-0.05, 0) is 83.4 Å². The maximum atomic E-state index is 14.3. The third-order valence-electron chi connectivity index (χ3n) is 11.5. The number of aromatic nitrogens is 4. The summed E-state index contributed by atoms with van der Waals surface area (Å²) in [6.45, 7) is 12.2. The molecule has 69 heavy (non-hydrogen) atoms. The number of hydrogen-bond donors (Lipinski definition) is 6. The summed E-state index contributed by atoms with van der Waals surface area (Å²) in [6, 6.07) is 9.46. The molecule has 382 valence electrons. The average Bonchev–Trinajstić information content (AvgIpc) is 3.80. The van der Waals surface area contributed by atoms with Gasteiger partial charge >= 0.3 is 12.3 Å². The van der Waals surface area contributed by atoms with Crippen molar-refractivity contribution in [2.24, 2.45) is 0 Å². The molecule has 21 nitrogen and oxygen atoms in total. The molecule has 23 heteroatoms. The molecule has 2 saturated heterocycles. The first-order valence-corrected chi connectivity index (χ1v) is 22.0. The molecule has 0 spiro atoms. The summed E-state index contributed by atoms with van der Waals surface area (Å²) in [5.41, 5.74) is 4.65. The van der Waals surface area contributed by atoms with Gasteiger partial charge in [0.05, 0.1) is 21.3 Å². The molecule has 2 fully saturated rings. The van der Waals surface area contributed by atoms with E-state index in [0.29, 0.717) is 34.2 Å². The number of rotatable bonds is 15. The molecule has 0 bridgehead atoms. The zero-order valence-electron chi connectivity index (χ0n) is 39.9. The number of carbonyl (C=O) groups excluding carboxylic acids is 2. The van der Waals surface area contributed by atoms with E-state index in [-0.39, 0.29) is 41.8 Å². The Balaban J connectivity index is 0.000000258. The van der Waals surface area contributed by atoms with E-state index in [1.165, 1.54) is 25.3 Å². The topological polar surface area (TPSA) is 274 Å². The van der Waals surface area contributed by atoms with Gasteiger partial charge in [0.15, 0.2) is 11.6 Å². The molecule has 0 radical (unpaired) electrons. The number of ether oxygens (including phenoxy) is 9. The molecule has 6 N–H and O–H groups in total. The van der Waals surface area contributed by atoms with Crippen molar-refractivity contribution in [2.75, 3.05) is 34.5 Å². The van der Waals surface area contributed by atoms with E-state index < -0.39 is 92.8 Å². The smallest absolute Gasteiger partial charge is 0.494 e. The lowest BCUT2D eigenvalue weighted by Gasteiger charge is -2.39. The van der Waals surface area contributed by atoms with Gasteiger partial charge in [-0.15, -0.1) is 10.2 Å². The molecule has 2 aromatic carbocycles. The predicted octanol–water partition coefficient (Wildman–Crippen LogP) is 3.26. The molecular weight excluding hydrogens is 919 g/mol. The monoisotopic (exact) mass is 980 g/mol. The van der Waals surface area contributed by atoms with Crippen molar-refractivity contribution in [1.29, 1.82) is 0 Å². The summed E-state index contributed by atoms with van der Waals surface area (Å²) in [5.74, 6) is -0.491. The van der Waals surface area contributed by atoms with E-state index in [9.17, 15) is 49.0 Å². The van der Waals surface area contributed by atoms with Crippen molar-refractivity contribution in [3.63, 3.8) is 0 Å². The van der Waals surface area contributed by atoms with E-state index >= 15 is 0 Å². The lowest BCUT2D eigenvalue weighted by molar-refractivity contribution is -0.278. The van der Waals surface area contributed by atoms with Gasteiger partial charge in [0.25, 0.3) is 0 Å². The maximum absolute atomic E-state index is 14.3. The first-order valence-electron chi connectivity index (χ1n) is 22.0. The number of halogens is 2.